The van der Waals surface area contributed by atoms with Crippen molar-refractivity contribution in [1.82, 2.24) is 25.2 Å². The van der Waals surface area contributed by atoms with Gasteiger partial charge in [0.2, 0.25) is 0 Å². The highest BCUT2D eigenvalue weighted by atomic mass is 16.2. The van der Waals surface area contributed by atoms with Crippen LogP contribution in [0.5, 0.6) is 0 Å². The van der Waals surface area contributed by atoms with Gasteiger partial charge in [0.1, 0.15) is 0 Å². The third-order valence-electron chi connectivity index (χ3n) is 5.99. The second kappa shape index (κ2) is 6.23. The maximum Gasteiger partial charge on any atom is 0.276 e. The summed E-state index contributed by atoms with van der Waals surface area (Å²) in [5, 5.41) is 11.8. The molecule has 0 bridgehead atoms. The minimum absolute atomic E-state index is 0.0899. The Morgan fingerprint density at radius 1 is 1.22 bits per heavy atom. The Hall–Kier alpha value is -1.43. The quantitative estimate of drug-likeness (QED) is 0.906. The molecule has 6 heteroatoms. The first kappa shape index (κ1) is 15.1. The Kier molecular flexibility index (Phi) is 4.09. The molecule has 4 rings (SSSR count). The van der Waals surface area contributed by atoms with Gasteiger partial charge in [-0.15, -0.1) is 5.10 Å². The van der Waals surface area contributed by atoms with Gasteiger partial charge in [0, 0.05) is 12.1 Å². The third-order valence-corrected chi connectivity index (χ3v) is 5.99. The van der Waals surface area contributed by atoms with Crippen LogP contribution in [0.4, 0.5) is 0 Å². The lowest BCUT2D eigenvalue weighted by Gasteiger charge is -2.32. The van der Waals surface area contributed by atoms with E-state index in [1.165, 1.54) is 19.3 Å². The minimum Gasteiger partial charge on any atom is -0.331 e. The molecule has 2 aliphatic heterocycles. The lowest BCUT2D eigenvalue weighted by Crippen LogP contribution is -2.42. The lowest BCUT2D eigenvalue weighted by molar-refractivity contribution is 0.0627. The standard InChI is InChI=1S/C17H27N5O/c1-12-10-13-4-2-3-5-16(13)22(12)17(23)15-11-21(20-19-15)14-6-8-18-9-7-14/h11-14,16,18H,2-10H2,1H3. The molecule has 0 radical (unpaired) electrons. The summed E-state index contributed by atoms with van der Waals surface area (Å²) in [4.78, 5) is 15.1. The molecule has 3 unspecified atom stereocenters. The van der Waals surface area contributed by atoms with Crippen LogP contribution >= 0.6 is 0 Å². The van der Waals surface area contributed by atoms with E-state index in [-0.39, 0.29) is 5.91 Å². The first-order chi connectivity index (χ1) is 11.2. The normalized spacial score (nSPS) is 32.0. The van der Waals surface area contributed by atoms with Crippen molar-refractivity contribution >= 4 is 5.91 Å². The van der Waals surface area contributed by atoms with Gasteiger partial charge in [-0.1, -0.05) is 18.1 Å². The number of carbonyl (C=O) groups excluding carboxylic acids is 1. The summed E-state index contributed by atoms with van der Waals surface area (Å²) < 4.78 is 1.91. The highest BCUT2D eigenvalue weighted by Crippen LogP contribution is 2.40. The number of carbonyl (C=O) groups is 1. The van der Waals surface area contributed by atoms with Crippen LogP contribution in [0, 0.1) is 5.92 Å². The van der Waals surface area contributed by atoms with Gasteiger partial charge in [-0.05, 0) is 58.0 Å². The molecule has 1 aliphatic carbocycles. The minimum atomic E-state index is 0.0899. The van der Waals surface area contributed by atoms with Gasteiger partial charge >= 0.3 is 0 Å². The summed E-state index contributed by atoms with van der Waals surface area (Å²) >= 11 is 0. The summed E-state index contributed by atoms with van der Waals surface area (Å²) in [6, 6.07) is 1.14. The maximum atomic E-state index is 13.0. The fraction of sp³-hybridized carbons (Fsp3) is 0.824. The molecule has 0 aromatic carbocycles. The van der Waals surface area contributed by atoms with Crippen molar-refractivity contribution in [3.8, 4) is 0 Å². The summed E-state index contributed by atoms with van der Waals surface area (Å²) in [5.74, 6) is 0.786. The van der Waals surface area contributed by atoms with E-state index in [1.54, 1.807) is 0 Å². The van der Waals surface area contributed by atoms with Crippen LogP contribution in [0.3, 0.4) is 0 Å². The maximum absolute atomic E-state index is 13.0. The molecule has 6 nitrogen and oxygen atoms in total. The highest BCUT2D eigenvalue weighted by Gasteiger charge is 2.43. The Morgan fingerprint density at radius 3 is 2.83 bits per heavy atom. The molecule has 3 atom stereocenters. The molecule has 126 valence electrons. The fourth-order valence-electron chi connectivity index (χ4n) is 4.82. The molecule has 3 aliphatic rings. The summed E-state index contributed by atoms with van der Waals surface area (Å²) in [6.07, 6.45) is 10.1. The summed E-state index contributed by atoms with van der Waals surface area (Å²) in [7, 11) is 0. The predicted molar refractivity (Wildman–Crippen MR) is 87.2 cm³/mol. The molecule has 23 heavy (non-hydrogen) atoms. The number of fused-ring (bicyclic) bond motifs is 1. The number of rotatable bonds is 2. The van der Waals surface area contributed by atoms with Crippen LogP contribution in [0.25, 0.3) is 0 Å². The third kappa shape index (κ3) is 2.77. The van der Waals surface area contributed by atoms with Crippen molar-refractivity contribution < 1.29 is 4.79 Å². The topological polar surface area (TPSA) is 63.1 Å². The van der Waals surface area contributed by atoms with Gasteiger partial charge < -0.3 is 10.2 Å². The average molecular weight is 317 g/mol. The van der Waals surface area contributed by atoms with E-state index in [2.05, 4.69) is 27.5 Å². The predicted octanol–water partition coefficient (Wildman–Crippen LogP) is 2.00. The van der Waals surface area contributed by atoms with Gasteiger partial charge in [0.05, 0.1) is 12.2 Å². The molecule has 2 saturated heterocycles. The molecule has 1 N–H and O–H groups in total. The van der Waals surface area contributed by atoms with Crippen LogP contribution in [-0.4, -0.2) is 51.0 Å². The van der Waals surface area contributed by atoms with Crippen molar-refractivity contribution in [3.05, 3.63) is 11.9 Å². The van der Waals surface area contributed by atoms with Gasteiger partial charge in [0.25, 0.3) is 5.91 Å². The van der Waals surface area contributed by atoms with Gasteiger partial charge in [-0.2, -0.15) is 0 Å². The Morgan fingerprint density at radius 2 is 2.00 bits per heavy atom. The molecule has 0 spiro atoms. The number of amides is 1. The van der Waals surface area contributed by atoms with Crippen molar-refractivity contribution in [1.29, 1.82) is 0 Å². The summed E-state index contributed by atoms with van der Waals surface area (Å²) in [6.45, 7) is 4.22. The molecule has 3 heterocycles. The zero-order valence-corrected chi connectivity index (χ0v) is 13.9. The number of hydrogen-bond acceptors (Lipinski definition) is 4. The van der Waals surface area contributed by atoms with E-state index in [1.807, 2.05) is 10.9 Å². The monoisotopic (exact) mass is 317 g/mol. The second-order valence-electron chi connectivity index (χ2n) is 7.47. The first-order valence-electron chi connectivity index (χ1n) is 9.19. The van der Waals surface area contributed by atoms with E-state index in [0.717, 1.165) is 38.8 Å². The number of likely N-dealkylation sites (tertiary alicyclic amines) is 1. The first-order valence-corrected chi connectivity index (χ1v) is 9.19. The highest BCUT2D eigenvalue weighted by molar-refractivity contribution is 5.92. The van der Waals surface area contributed by atoms with E-state index in [4.69, 9.17) is 0 Å². The van der Waals surface area contributed by atoms with Gasteiger partial charge in [0.15, 0.2) is 5.69 Å². The zero-order chi connectivity index (χ0) is 15.8. The molecule has 1 aromatic rings. The summed E-state index contributed by atoms with van der Waals surface area (Å²) in [5.41, 5.74) is 0.529. The molecular formula is C17H27N5O. The molecule has 3 fully saturated rings. The second-order valence-corrected chi connectivity index (χ2v) is 7.47. The lowest BCUT2D eigenvalue weighted by atomic mass is 9.85. The van der Waals surface area contributed by atoms with E-state index >= 15 is 0 Å². The molecular weight excluding hydrogens is 290 g/mol. The molecule has 1 saturated carbocycles. The number of hydrogen-bond donors (Lipinski definition) is 1. The average Bonchev–Trinajstić information content (AvgIpc) is 3.19. The fourth-order valence-corrected chi connectivity index (χ4v) is 4.82. The van der Waals surface area contributed by atoms with Crippen molar-refractivity contribution in [2.24, 2.45) is 5.92 Å². The molecule has 1 aromatic heterocycles. The number of nitrogens with one attached hydrogen (secondary N) is 1. The van der Waals surface area contributed by atoms with E-state index < -0.39 is 0 Å². The van der Waals surface area contributed by atoms with Gasteiger partial charge in [-0.3, -0.25) is 4.79 Å². The SMILES string of the molecule is CC1CC2CCCCC2N1C(=O)c1cn(C2CCNCC2)nn1. The van der Waals surface area contributed by atoms with E-state index in [0.29, 0.717) is 29.7 Å². The number of nitrogens with zero attached hydrogens (tertiary/aromatic N) is 4. The molecule has 1 amide bonds. The van der Waals surface area contributed by atoms with Crippen molar-refractivity contribution in [3.63, 3.8) is 0 Å². The van der Waals surface area contributed by atoms with Crippen LogP contribution in [0.2, 0.25) is 0 Å². The zero-order valence-electron chi connectivity index (χ0n) is 13.9. The Bertz CT molecular complexity index is 565. The smallest absolute Gasteiger partial charge is 0.276 e. The van der Waals surface area contributed by atoms with Crippen LogP contribution in [0.1, 0.15) is 68.4 Å². The van der Waals surface area contributed by atoms with E-state index in [9.17, 15) is 4.79 Å². The number of aromatic nitrogens is 3. The Labute approximate surface area is 137 Å². The van der Waals surface area contributed by atoms with Gasteiger partial charge in [-0.25, -0.2) is 4.68 Å². The van der Waals surface area contributed by atoms with Crippen molar-refractivity contribution in [2.45, 2.75) is 70.0 Å². The van der Waals surface area contributed by atoms with Crippen molar-refractivity contribution in [2.75, 3.05) is 13.1 Å². The van der Waals surface area contributed by atoms with Crippen LogP contribution < -0.4 is 5.32 Å². The largest absolute Gasteiger partial charge is 0.331 e. The number of piperidine rings is 1. The Balaban J connectivity index is 1.51. The van der Waals surface area contributed by atoms with Crippen LogP contribution in [0.15, 0.2) is 6.20 Å². The van der Waals surface area contributed by atoms with Crippen LogP contribution in [-0.2, 0) is 0 Å².